The number of nitrogens with one attached hydrogen (secondary N) is 1. The van der Waals surface area contributed by atoms with Crippen LogP contribution in [0.15, 0.2) is 46.9 Å². The summed E-state index contributed by atoms with van der Waals surface area (Å²) in [4.78, 5) is 23.3. The molecule has 2 heterocycles. The number of hydrogen-bond donors (Lipinski definition) is 1. The molecule has 0 spiro atoms. The molecule has 1 saturated carbocycles. The van der Waals surface area contributed by atoms with E-state index in [9.17, 15) is 4.79 Å². The third kappa shape index (κ3) is 3.26. The zero-order valence-corrected chi connectivity index (χ0v) is 15.6. The molecule has 27 heavy (non-hydrogen) atoms. The lowest BCUT2D eigenvalue weighted by Gasteiger charge is -2.16. The van der Waals surface area contributed by atoms with Crippen LogP contribution in [0.2, 0.25) is 0 Å². The van der Waals surface area contributed by atoms with Crippen LogP contribution in [0.3, 0.4) is 0 Å². The van der Waals surface area contributed by atoms with Gasteiger partial charge < -0.3 is 14.6 Å². The van der Waals surface area contributed by atoms with Crippen molar-refractivity contribution in [1.82, 2.24) is 14.9 Å². The van der Waals surface area contributed by atoms with Gasteiger partial charge in [0.25, 0.3) is 0 Å². The van der Waals surface area contributed by atoms with Gasteiger partial charge in [0, 0.05) is 18.7 Å². The number of fused-ring (bicyclic) bond motifs is 2. The molecular weight excluding hydrogens is 360 g/mol. The molecule has 7 heteroatoms. The minimum absolute atomic E-state index is 0.181. The first-order valence-corrected chi connectivity index (χ1v) is 9.74. The van der Waals surface area contributed by atoms with E-state index in [1.807, 2.05) is 42.5 Å². The smallest absolute Gasteiger partial charge is 0.321 e. The Hall–Kier alpha value is -2.93. The first-order chi connectivity index (χ1) is 13.2. The van der Waals surface area contributed by atoms with Gasteiger partial charge in [0.2, 0.25) is 0 Å². The summed E-state index contributed by atoms with van der Waals surface area (Å²) in [7, 11) is 1.77. The Morgan fingerprint density at radius 2 is 2.07 bits per heavy atom. The lowest BCUT2D eigenvalue weighted by atomic mass is 10.3. The SMILES string of the molecule is CN(Cc1nc2ccccc2s1)C(=O)Nc1ccc2oc(C3CC3)nc2c1. The number of anilines is 1. The van der Waals surface area contributed by atoms with Crippen LogP contribution >= 0.6 is 11.3 Å². The van der Waals surface area contributed by atoms with Crippen molar-refractivity contribution in [3.63, 3.8) is 0 Å². The standard InChI is InChI=1S/C20H18N4O2S/c1-24(11-18-22-14-4-2-3-5-17(14)27-18)20(25)21-13-8-9-16-15(10-13)23-19(26-16)12-6-7-12/h2-5,8-10,12H,6-7,11H2,1H3,(H,21,25). The Morgan fingerprint density at radius 3 is 2.89 bits per heavy atom. The van der Waals surface area contributed by atoms with E-state index in [4.69, 9.17) is 4.42 Å². The molecule has 1 aliphatic carbocycles. The van der Waals surface area contributed by atoms with Gasteiger partial charge in [-0.1, -0.05) is 12.1 Å². The summed E-state index contributed by atoms with van der Waals surface area (Å²) < 4.78 is 6.90. The number of hydrogen-bond acceptors (Lipinski definition) is 5. The second kappa shape index (κ2) is 6.35. The number of benzene rings is 2. The normalized spacial score (nSPS) is 14.0. The first-order valence-electron chi connectivity index (χ1n) is 8.93. The molecule has 5 rings (SSSR count). The van der Waals surface area contributed by atoms with Crippen LogP contribution in [0, 0.1) is 0 Å². The summed E-state index contributed by atoms with van der Waals surface area (Å²) in [5.41, 5.74) is 3.22. The lowest BCUT2D eigenvalue weighted by Crippen LogP contribution is -2.30. The zero-order chi connectivity index (χ0) is 18.4. The monoisotopic (exact) mass is 378 g/mol. The molecule has 2 aromatic heterocycles. The van der Waals surface area contributed by atoms with Crippen LogP contribution in [0.5, 0.6) is 0 Å². The fourth-order valence-corrected chi connectivity index (χ4v) is 4.03. The number of amides is 2. The van der Waals surface area contributed by atoms with Crippen molar-refractivity contribution in [2.75, 3.05) is 12.4 Å². The molecule has 0 radical (unpaired) electrons. The van der Waals surface area contributed by atoms with E-state index in [1.54, 1.807) is 23.3 Å². The highest BCUT2D eigenvalue weighted by Crippen LogP contribution is 2.40. The predicted octanol–water partition coefficient (Wildman–Crippen LogP) is 4.98. The van der Waals surface area contributed by atoms with E-state index in [0.29, 0.717) is 18.2 Å². The molecule has 136 valence electrons. The average molecular weight is 378 g/mol. The fourth-order valence-electron chi connectivity index (χ4n) is 3.01. The Morgan fingerprint density at radius 1 is 1.22 bits per heavy atom. The van der Waals surface area contributed by atoms with E-state index in [2.05, 4.69) is 15.3 Å². The van der Waals surface area contributed by atoms with Crippen LogP contribution in [-0.4, -0.2) is 27.9 Å². The summed E-state index contributed by atoms with van der Waals surface area (Å²) >= 11 is 1.61. The van der Waals surface area contributed by atoms with Crippen molar-refractivity contribution in [3.05, 3.63) is 53.4 Å². The maximum atomic E-state index is 12.5. The largest absolute Gasteiger partial charge is 0.440 e. The maximum absolute atomic E-state index is 12.5. The molecule has 0 unspecified atom stereocenters. The molecule has 6 nitrogen and oxygen atoms in total. The quantitative estimate of drug-likeness (QED) is 0.544. The van der Waals surface area contributed by atoms with Gasteiger partial charge >= 0.3 is 6.03 Å². The average Bonchev–Trinajstić information content (AvgIpc) is 3.30. The topological polar surface area (TPSA) is 71.3 Å². The molecule has 0 bridgehead atoms. The second-order valence-electron chi connectivity index (χ2n) is 6.87. The Bertz CT molecular complexity index is 1110. The molecular formula is C20H18N4O2S. The summed E-state index contributed by atoms with van der Waals surface area (Å²) in [5, 5.41) is 3.84. The second-order valence-corrected chi connectivity index (χ2v) is 7.99. The fraction of sp³-hybridized carbons (Fsp3) is 0.250. The van der Waals surface area contributed by atoms with Crippen molar-refractivity contribution in [2.45, 2.75) is 25.3 Å². The molecule has 2 amide bonds. The van der Waals surface area contributed by atoms with Gasteiger partial charge in [-0.05, 0) is 43.2 Å². The van der Waals surface area contributed by atoms with E-state index in [0.717, 1.165) is 45.1 Å². The van der Waals surface area contributed by atoms with E-state index >= 15 is 0 Å². The number of carbonyl (C=O) groups is 1. The van der Waals surface area contributed by atoms with Crippen molar-refractivity contribution < 1.29 is 9.21 Å². The van der Waals surface area contributed by atoms with E-state index < -0.39 is 0 Å². The number of urea groups is 1. The number of thiazole rings is 1. The number of nitrogens with zero attached hydrogens (tertiary/aromatic N) is 3. The van der Waals surface area contributed by atoms with Gasteiger partial charge in [-0.25, -0.2) is 14.8 Å². The van der Waals surface area contributed by atoms with E-state index in [1.165, 1.54) is 0 Å². The third-order valence-electron chi connectivity index (χ3n) is 4.64. The Labute approximate surface area is 159 Å². The zero-order valence-electron chi connectivity index (χ0n) is 14.8. The summed E-state index contributed by atoms with van der Waals surface area (Å²) in [6, 6.07) is 13.4. The molecule has 4 aromatic rings. The third-order valence-corrected chi connectivity index (χ3v) is 5.66. The van der Waals surface area contributed by atoms with Crippen LogP contribution in [0.1, 0.15) is 29.7 Å². The lowest BCUT2D eigenvalue weighted by molar-refractivity contribution is 0.220. The number of aromatic nitrogens is 2. The molecule has 0 saturated heterocycles. The highest BCUT2D eigenvalue weighted by molar-refractivity contribution is 7.18. The molecule has 2 aromatic carbocycles. The summed E-state index contributed by atoms with van der Waals surface area (Å²) in [5.74, 6) is 1.27. The summed E-state index contributed by atoms with van der Waals surface area (Å²) in [6.07, 6.45) is 2.29. The number of rotatable bonds is 4. The van der Waals surface area contributed by atoms with Gasteiger partial charge in [0.1, 0.15) is 10.5 Å². The van der Waals surface area contributed by atoms with Crippen molar-refractivity contribution in [2.24, 2.45) is 0 Å². The minimum Gasteiger partial charge on any atom is -0.440 e. The summed E-state index contributed by atoms with van der Waals surface area (Å²) in [6.45, 7) is 0.462. The Kier molecular flexibility index (Phi) is 3.82. The number of para-hydroxylation sites is 1. The van der Waals surface area contributed by atoms with Crippen LogP contribution in [0.4, 0.5) is 10.5 Å². The van der Waals surface area contributed by atoms with Gasteiger partial charge in [-0.3, -0.25) is 0 Å². The molecule has 0 aliphatic heterocycles. The van der Waals surface area contributed by atoms with Crippen molar-refractivity contribution >= 4 is 44.4 Å². The van der Waals surface area contributed by atoms with Crippen LogP contribution in [-0.2, 0) is 6.54 Å². The number of oxazole rings is 1. The van der Waals surface area contributed by atoms with E-state index in [-0.39, 0.29) is 6.03 Å². The van der Waals surface area contributed by atoms with Gasteiger partial charge in [0.05, 0.1) is 16.8 Å². The molecule has 1 fully saturated rings. The van der Waals surface area contributed by atoms with Gasteiger partial charge in [0.15, 0.2) is 11.5 Å². The predicted molar refractivity (Wildman–Crippen MR) is 106 cm³/mol. The highest BCUT2D eigenvalue weighted by Gasteiger charge is 2.28. The number of carbonyl (C=O) groups excluding carboxylic acids is 1. The van der Waals surface area contributed by atoms with Gasteiger partial charge in [-0.15, -0.1) is 11.3 Å². The molecule has 1 aliphatic rings. The van der Waals surface area contributed by atoms with Crippen LogP contribution in [0.25, 0.3) is 21.3 Å². The molecule has 1 N–H and O–H groups in total. The maximum Gasteiger partial charge on any atom is 0.321 e. The first kappa shape index (κ1) is 16.3. The van der Waals surface area contributed by atoms with Gasteiger partial charge in [-0.2, -0.15) is 0 Å². The Balaban J connectivity index is 1.29. The minimum atomic E-state index is -0.181. The highest BCUT2D eigenvalue weighted by atomic mass is 32.1. The molecule has 0 atom stereocenters. The van der Waals surface area contributed by atoms with Crippen molar-refractivity contribution in [1.29, 1.82) is 0 Å². The van der Waals surface area contributed by atoms with Crippen LogP contribution < -0.4 is 5.32 Å². The van der Waals surface area contributed by atoms with Crippen molar-refractivity contribution in [3.8, 4) is 0 Å².